The Balaban J connectivity index is 2.01. The van der Waals surface area contributed by atoms with E-state index in [4.69, 9.17) is 10.00 Å². The van der Waals surface area contributed by atoms with E-state index in [1.165, 1.54) is 0 Å². The fraction of sp³-hybridized carbons (Fsp3) is 0.250. The first-order valence-electron chi connectivity index (χ1n) is 6.43. The Labute approximate surface area is 118 Å². The molecule has 0 aliphatic rings. The van der Waals surface area contributed by atoms with Gasteiger partial charge in [-0.05, 0) is 34.9 Å². The monoisotopic (exact) mass is 268 g/mol. The summed E-state index contributed by atoms with van der Waals surface area (Å²) in [5.41, 5.74) is 1.15. The standard InChI is InChI=1S/C16H16N2O2/c1-20-15-5-4-13-10-12(2-3-14(13)11-15)7-9-18-16(19)6-8-17/h2-5,10-11H,6-7,9H2,1H3,(H,18,19). The molecule has 0 aliphatic heterocycles. The van der Waals surface area contributed by atoms with E-state index in [2.05, 4.69) is 11.4 Å². The first-order chi connectivity index (χ1) is 9.72. The summed E-state index contributed by atoms with van der Waals surface area (Å²) in [4.78, 5) is 11.2. The normalized spacial score (nSPS) is 10.0. The van der Waals surface area contributed by atoms with Crippen molar-refractivity contribution in [1.29, 1.82) is 5.26 Å². The minimum atomic E-state index is -0.224. The van der Waals surface area contributed by atoms with Crippen molar-refractivity contribution in [2.75, 3.05) is 13.7 Å². The molecule has 0 atom stereocenters. The van der Waals surface area contributed by atoms with Crippen LogP contribution in [-0.4, -0.2) is 19.6 Å². The van der Waals surface area contributed by atoms with Crippen LogP contribution in [0.3, 0.4) is 0 Å². The van der Waals surface area contributed by atoms with Gasteiger partial charge in [0, 0.05) is 6.54 Å². The number of benzene rings is 2. The summed E-state index contributed by atoms with van der Waals surface area (Å²) in [6, 6.07) is 14.0. The van der Waals surface area contributed by atoms with Crippen LogP contribution in [0.4, 0.5) is 0 Å². The van der Waals surface area contributed by atoms with Crippen molar-refractivity contribution >= 4 is 16.7 Å². The second-order valence-corrected chi connectivity index (χ2v) is 4.48. The number of ether oxygens (including phenoxy) is 1. The summed E-state index contributed by atoms with van der Waals surface area (Å²) in [5, 5.41) is 13.4. The van der Waals surface area contributed by atoms with Crippen LogP contribution in [0, 0.1) is 11.3 Å². The lowest BCUT2D eigenvalue weighted by Crippen LogP contribution is -2.24. The Morgan fingerprint density at radius 1 is 1.25 bits per heavy atom. The van der Waals surface area contributed by atoms with Crippen LogP contribution in [0.1, 0.15) is 12.0 Å². The summed E-state index contributed by atoms with van der Waals surface area (Å²) in [5.74, 6) is 0.618. The molecule has 4 nitrogen and oxygen atoms in total. The summed E-state index contributed by atoms with van der Waals surface area (Å²) in [6.07, 6.45) is 0.663. The molecule has 0 saturated carbocycles. The Hall–Kier alpha value is -2.54. The lowest BCUT2D eigenvalue weighted by molar-refractivity contribution is -0.120. The molecule has 4 heteroatoms. The topological polar surface area (TPSA) is 62.1 Å². The van der Waals surface area contributed by atoms with Gasteiger partial charge >= 0.3 is 0 Å². The molecule has 0 heterocycles. The van der Waals surface area contributed by atoms with Crippen molar-refractivity contribution in [2.45, 2.75) is 12.8 Å². The maximum Gasteiger partial charge on any atom is 0.234 e. The van der Waals surface area contributed by atoms with Gasteiger partial charge in [0.05, 0.1) is 13.2 Å². The van der Waals surface area contributed by atoms with Crippen molar-refractivity contribution in [3.8, 4) is 11.8 Å². The molecule has 2 aromatic rings. The lowest BCUT2D eigenvalue weighted by Gasteiger charge is -2.06. The summed E-state index contributed by atoms with van der Waals surface area (Å²) >= 11 is 0. The van der Waals surface area contributed by atoms with Gasteiger partial charge in [0.15, 0.2) is 0 Å². The highest BCUT2D eigenvalue weighted by Crippen LogP contribution is 2.21. The number of hydrogen-bond donors (Lipinski definition) is 1. The Morgan fingerprint density at radius 3 is 2.75 bits per heavy atom. The summed E-state index contributed by atoms with van der Waals surface area (Å²) < 4.78 is 5.19. The summed E-state index contributed by atoms with van der Waals surface area (Å²) in [6.45, 7) is 0.544. The number of nitriles is 1. The van der Waals surface area contributed by atoms with E-state index in [9.17, 15) is 4.79 Å². The molecule has 1 N–H and O–H groups in total. The number of nitrogens with one attached hydrogen (secondary N) is 1. The van der Waals surface area contributed by atoms with Gasteiger partial charge in [-0.1, -0.05) is 24.3 Å². The second kappa shape index (κ2) is 6.58. The van der Waals surface area contributed by atoms with Crippen LogP contribution < -0.4 is 10.1 Å². The number of nitrogens with zero attached hydrogens (tertiary/aromatic N) is 1. The highest BCUT2D eigenvalue weighted by atomic mass is 16.5. The minimum absolute atomic E-state index is 0.0858. The minimum Gasteiger partial charge on any atom is -0.497 e. The quantitative estimate of drug-likeness (QED) is 0.905. The number of hydrogen-bond acceptors (Lipinski definition) is 3. The molecule has 2 aromatic carbocycles. The molecule has 0 aromatic heterocycles. The van der Waals surface area contributed by atoms with E-state index in [1.54, 1.807) is 7.11 Å². The molecule has 102 valence electrons. The van der Waals surface area contributed by atoms with Gasteiger partial charge in [0.2, 0.25) is 5.91 Å². The van der Waals surface area contributed by atoms with Gasteiger partial charge in [0.1, 0.15) is 12.2 Å². The summed E-state index contributed by atoms with van der Waals surface area (Å²) in [7, 11) is 1.65. The van der Waals surface area contributed by atoms with Gasteiger partial charge < -0.3 is 10.1 Å². The number of carbonyl (C=O) groups excluding carboxylic acids is 1. The van der Waals surface area contributed by atoms with Crippen molar-refractivity contribution in [3.63, 3.8) is 0 Å². The highest BCUT2D eigenvalue weighted by molar-refractivity contribution is 5.84. The Kier molecular flexibility index (Phi) is 4.56. The maximum absolute atomic E-state index is 11.2. The van der Waals surface area contributed by atoms with Crippen LogP contribution in [0.5, 0.6) is 5.75 Å². The van der Waals surface area contributed by atoms with Crippen molar-refractivity contribution in [1.82, 2.24) is 5.32 Å². The van der Waals surface area contributed by atoms with E-state index in [1.807, 2.05) is 36.4 Å². The van der Waals surface area contributed by atoms with Gasteiger partial charge in [-0.25, -0.2) is 0 Å². The zero-order chi connectivity index (χ0) is 14.4. The first kappa shape index (κ1) is 13.9. The van der Waals surface area contributed by atoms with E-state index < -0.39 is 0 Å². The third kappa shape index (κ3) is 3.48. The number of rotatable bonds is 5. The number of carbonyl (C=O) groups is 1. The lowest BCUT2D eigenvalue weighted by atomic mass is 10.0. The van der Waals surface area contributed by atoms with Crippen molar-refractivity contribution < 1.29 is 9.53 Å². The SMILES string of the molecule is COc1ccc2cc(CCNC(=O)CC#N)ccc2c1. The maximum atomic E-state index is 11.2. The largest absolute Gasteiger partial charge is 0.497 e. The molecular weight excluding hydrogens is 252 g/mol. The molecule has 0 bridgehead atoms. The molecule has 2 rings (SSSR count). The molecule has 0 aliphatic carbocycles. The number of amides is 1. The molecule has 0 radical (unpaired) electrons. The molecule has 1 amide bonds. The van der Waals surface area contributed by atoms with Crippen LogP contribution >= 0.6 is 0 Å². The number of fused-ring (bicyclic) bond motifs is 1. The van der Waals surface area contributed by atoms with Crippen LogP contribution in [-0.2, 0) is 11.2 Å². The third-order valence-corrected chi connectivity index (χ3v) is 3.09. The van der Waals surface area contributed by atoms with Gasteiger partial charge in [-0.3, -0.25) is 4.79 Å². The van der Waals surface area contributed by atoms with Gasteiger partial charge in [-0.2, -0.15) is 5.26 Å². The Bertz CT molecular complexity index is 659. The Morgan fingerprint density at radius 2 is 2.00 bits per heavy atom. The predicted molar refractivity (Wildman–Crippen MR) is 77.4 cm³/mol. The fourth-order valence-electron chi connectivity index (χ4n) is 2.04. The zero-order valence-electron chi connectivity index (χ0n) is 11.3. The van der Waals surface area contributed by atoms with Crippen LogP contribution in [0.15, 0.2) is 36.4 Å². The van der Waals surface area contributed by atoms with Crippen LogP contribution in [0.25, 0.3) is 10.8 Å². The van der Waals surface area contributed by atoms with Gasteiger partial charge in [-0.15, -0.1) is 0 Å². The van der Waals surface area contributed by atoms with Gasteiger partial charge in [0.25, 0.3) is 0 Å². The van der Waals surface area contributed by atoms with E-state index >= 15 is 0 Å². The van der Waals surface area contributed by atoms with E-state index in [0.29, 0.717) is 6.54 Å². The second-order valence-electron chi connectivity index (χ2n) is 4.48. The molecule has 0 spiro atoms. The first-order valence-corrected chi connectivity index (χ1v) is 6.43. The average molecular weight is 268 g/mol. The van der Waals surface area contributed by atoms with Crippen LogP contribution in [0.2, 0.25) is 0 Å². The molecule has 0 unspecified atom stereocenters. The fourth-order valence-corrected chi connectivity index (χ4v) is 2.04. The van der Waals surface area contributed by atoms with Crippen molar-refractivity contribution in [3.05, 3.63) is 42.0 Å². The smallest absolute Gasteiger partial charge is 0.234 e. The van der Waals surface area contributed by atoms with Crippen molar-refractivity contribution in [2.24, 2.45) is 0 Å². The number of methoxy groups -OCH3 is 1. The van der Waals surface area contributed by atoms with E-state index in [-0.39, 0.29) is 12.3 Å². The zero-order valence-corrected chi connectivity index (χ0v) is 11.3. The highest BCUT2D eigenvalue weighted by Gasteiger charge is 2.01. The molecular formula is C16H16N2O2. The molecule has 0 fully saturated rings. The molecule has 0 saturated heterocycles. The van der Waals surface area contributed by atoms with E-state index in [0.717, 1.165) is 28.5 Å². The predicted octanol–water partition coefficient (Wildman–Crippen LogP) is 2.42. The molecule has 20 heavy (non-hydrogen) atoms. The average Bonchev–Trinajstić information content (AvgIpc) is 2.47. The third-order valence-electron chi connectivity index (χ3n) is 3.09.